The molecule has 1 heterocycles. The Hall–Kier alpha value is -2.24. The topological polar surface area (TPSA) is 76.2 Å². The van der Waals surface area contributed by atoms with E-state index in [0.29, 0.717) is 29.4 Å². The van der Waals surface area contributed by atoms with Gasteiger partial charge in [-0.3, -0.25) is 10.1 Å². The lowest BCUT2D eigenvalue weighted by molar-refractivity contribution is -0.116. The van der Waals surface area contributed by atoms with E-state index in [1.807, 2.05) is 6.92 Å². The molecule has 0 bridgehead atoms. The van der Waals surface area contributed by atoms with Crippen LogP contribution in [0.3, 0.4) is 0 Å². The number of nitrogens with zero attached hydrogens (tertiary/aromatic N) is 1. The number of nitrogens with one attached hydrogen (secondary N) is 2. The van der Waals surface area contributed by atoms with Crippen LogP contribution in [0.4, 0.5) is 5.95 Å². The number of H-pyrrole nitrogens is 1. The van der Waals surface area contributed by atoms with Gasteiger partial charge in [-0.2, -0.15) is 0 Å². The SMILES string of the molecule is CCCC(=O)Nc1nc2cc(OC)c(OC)cc2[nH]1. The summed E-state index contributed by atoms with van der Waals surface area (Å²) >= 11 is 0. The number of carbonyl (C=O) groups is 1. The number of benzene rings is 1. The van der Waals surface area contributed by atoms with Gasteiger partial charge in [0.25, 0.3) is 0 Å². The number of aromatic amines is 1. The van der Waals surface area contributed by atoms with Crippen molar-refractivity contribution in [2.45, 2.75) is 19.8 Å². The van der Waals surface area contributed by atoms with E-state index in [-0.39, 0.29) is 5.91 Å². The highest BCUT2D eigenvalue weighted by Crippen LogP contribution is 2.31. The molecule has 0 saturated heterocycles. The molecule has 6 heteroatoms. The molecule has 2 aromatic rings. The first kappa shape index (κ1) is 13.2. The van der Waals surface area contributed by atoms with Crippen LogP contribution in [0.2, 0.25) is 0 Å². The second-order valence-corrected chi connectivity index (χ2v) is 4.11. The highest BCUT2D eigenvalue weighted by molar-refractivity contribution is 5.91. The molecule has 0 unspecified atom stereocenters. The second kappa shape index (κ2) is 5.60. The molecule has 0 saturated carbocycles. The van der Waals surface area contributed by atoms with Crippen LogP contribution in [0.25, 0.3) is 11.0 Å². The minimum Gasteiger partial charge on any atom is -0.493 e. The van der Waals surface area contributed by atoms with E-state index in [2.05, 4.69) is 15.3 Å². The Bertz CT molecular complexity index is 551. The summed E-state index contributed by atoms with van der Waals surface area (Å²) in [5.41, 5.74) is 1.49. The fourth-order valence-corrected chi connectivity index (χ4v) is 1.82. The molecule has 102 valence electrons. The molecule has 0 fully saturated rings. The van der Waals surface area contributed by atoms with E-state index in [1.54, 1.807) is 26.4 Å². The van der Waals surface area contributed by atoms with E-state index in [1.165, 1.54) is 0 Å². The van der Waals surface area contributed by atoms with Crippen LogP contribution >= 0.6 is 0 Å². The van der Waals surface area contributed by atoms with Gasteiger partial charge in [0, 0.05) is 18.6 Å². The summed E-state index contributed by atoms with van der Waals surface area (Å²) in [6, 6.07) is 3.55. The Morgan fingerprint density at radius 2 is 2.00 bits per heavy atom. The third-order valence-electron chi connectivity index (χ3n) is 2.72. The van der Waals surface area contributed by atoms with E-state index in [4.69, 9.17) is 9.47 Å². The first-order chi connectivity index (χ1) is 9.17. The van der Waals surface area contributed by atoms with Crippen molar-refractivity contribution < 1.29 is 14.3 Å². The van der Waals surface area contributed by atoms with Gasteiger partial charge in [0.2, 0.25) is 11.9 Å². The predicted octanol–water partition coefficient (Wildman–Crippen LogP) is 2.32. The zero-order valence-electron chi connectivity index (χ0n) is 11.2. The number of rotatable bonds is 5. The molecular formula is C13H17N3O3. The van der Waals surface area contributed by atoms with Crippen molar-refractivity contribution in [2.75, 3.05) is 19.5 Å². The molecule has 0 aliphatic heterocycles. The van der Waals surface area contributed by atoms with Crippen molar-refractivity contribution in [1.82, 2.24) is 9.97 Å². The zero-order valence-corrected chi connectivity index (χ0v) is 11.2. The number of hydrogen-bond acceptors (Lipinski definition) is 4. The molecule has 1 amide bonds. The summed E-state index contributed by atoms with van der Waals surface area (Å²) in [5.74, 6) is 1.60. The summed E-state index contributed by atoms with van der Waals surface area (Å²) in [6.45, 7) is 1.95. The van der Waals surface area contributed by atoms with E-state index in [9.17, 15) is 4.79 Å². The molecule has 1 aromatic heterocycles. The third-order valence-corrected chi connectivity index (χ3v) is 2.72. The number of methoxy groups -OCH3 is 2. The molecule has 6 nitrogen and oxygen atoms in total. The van der Waals surface area contributed by atoms with Crippen molar-refractivity contribution in [3.63, 3.8) is 0 Å². The van der Waals surface area contributed by atoms with Gasteiger partial charge in [0.15, 0.2) is 11.5 Å². The van der Waals surface area contributed by atoms with Crippen LogP contribution in [-0.2, 0) is 4.79 Å². The van der Waals surface area contributed by atoms with Gasteiger partial charge in [-0.1, -0.05) is 6.92 Å². The molecule has 0 radical (unpaired) electrons. The fourth-order valence-electron chi connectivity index (χ4n) is 1.82. The van der Waals surface area contributed by atoms with Crippen LogP contribution in [0.15, 0.2) is 12.1 Å². The first-order valence-electron chi connectivity index (χ1n) is 6.09. The molecule has 19 heavy (non-hydrogen) atoms. The molecular weight excluding hydrogens is 246 g/mol. The minimum atomic E-state index is -0.0551. The standard InChI is InChI=1S/C13H17N3O3/c1-4-5-12(17)16-13-14-8-6-10(18-2)11(19-3)7-9(8)15-13/h6-7H,4-5H2,1-3H3,(H2,14,15,16,17). The number of imidazole rings is 1. The van der Waals surface area contributed by atoms with Crippen molar-refractivity contribution in [2.24, 2.45) is 0 Å². The summed E-state index contributed by atoms with van der Waals surface area (Å²) < 4.78 is 10.4. The van der Waals surface area contributed by atoms with E-state index >= 15 is 0 Å². The van der Waals surface area contributed by atoms with Gasteiger partial charge in [-0.25, -0.2) is 4.98 Å². The van der Waals surface area contributed by atoms with Gasteiger partial charge in [-0.05, 0) is 6.42 Å². The maximum absolute atomic E-state index is 11.5. The van der Waals surface area contributed by atoms with Crippen LogP contribution in [-0.4, -0.2) is 30.1 Å². The van der Waals surface area contributed by atoms with Gasteiger partial charge < -0.3 is 14.5 Å². The lowest BCUT2D eigenvalue weighted by Gasteiger charge is -2.06. The number of amides is 1. The first-order valence-corrected chi connectivity index (χ1v) is 6.09. The van der Waals surface area contributed by atoms with Crippen LogP contribution in [0.1, 0.15) is 19.8 Å². The van der Waals surface area contributed by atoms with Gasteiger partial charge in [0.05, 0.1) is 25.3 Å². The average Bonchev–Trinajstić information content (AvgIpc) is 2.78. The van der Waals surface area contributed by atoms with Crippen LogP contribution < -0.4 is 14.8 Å². The monoisotopic (exact) mass is 263 g/mol. The Morgan fingerprint density at radius 3 is 2.63 bits per heavy atom. The normalized spacial score (nSPS) is 10.5. The van der Waals surface area contributed by atoms with Crippen molar-refractivity contribution in [3.8, 4) is 11.5 Å². The number of carbonyl (C=O) groups excluding carboxylic acids is 1. The van der Waals surface area contributed by atoms with Crippen LogP contribution in [0, 0.1) is 0 Å². The largest absolute Gasteiger partial charge is 0.493 e. The average molecular weight is 263 g/mol. The number of ether oxygens (including phenoxy) is 2. The summed E-state index contributed by atoms with van der Waals surface area (Å²) in [5, 5.41) is 2.72. The van der Waals surface area contributed by atoms with Gasteiger partial charge in [0.1, 0.15) is 0 Å². The zero-order chi connectivity index (χ0) is 13.8. The number of anilines is 1. The molecule has 1 aromatic carbocycles. The van der Waals surface area contributed by atoms with Crippen LogP contribution in [0.5, 0.6) is 11.5 Å². The predicted molar refractivity (Wildman–Crippen MR) is 72.7 cm³/mol. The molecule has 0 spiro atoms. The third kappa shape index (κ3) is 2.78. The minimum absolute atomic E-state index is 0.0551. The molecule has 0 aliphatic rings. The highest BCUT2D eigenvalue weighted by atomic mass is 16.5. The summed E-state index contributed by atoms with van der Waals surface area (Å²) in [7, 11) is 3.14. The second-order valence-electron chi connectivity index (χ2n) is 4.11. The van der Waals surface area contributed by atoms with Crippen molar-refractivity contribution in [3.05, 3.63) is 12.1 Å². The van der Waals surface area contributed by atoms with Crippen molar-refractivity contribution >= 4 is 22.9 Å². The Morgan fingerprint density at radius 1 is 1.32 bits per heavy atom. The van der Waals surface area contributed by atoms with Gasteiger partial charge >= 0.3 is 0 Å². The molecule has 0 atom stereocenters. The lowest BCUT2D eigenvalue weighted by Crippen LogP contribution is -2.11. The van der Waals surface area contributed by atoms with E-state index < -0.39 is 0 Å². The Labute approximate surface area is 111 Å². The molecule has 2 N–H and O–H groups in total. The summed E-state index contributed by atoms with van der Waals surface area (Å²) in [6.07, 6.45) is 1.28. The molecule has 2 rings (SSSR count). The maximum atomic E-state index is 11.5. The Balaban J connectivity index is 2.32. The highest BCUT2D eigenvalue weighted by Gasteiger charge is 2.11. The maximum Gasteiger partial charge on any atom is 0.226 e. The number of fused-ring (bicyclic) bond motifs is 1. The quantitative estimate of drug-likeness (QED) is 0.868. The number of aromatic nitrogens is 2. The smallest absolute Gasteiger partial charge is 0.226 e. The molecule has 0 aliphatic carbocycles. The van der Waals surface area contributed by atoms with E-state index in [0.717, 1.165) is 11.9 Å². The van der Waals surface area contributed by atoms with Crippen molar-refractivity contribution in [1.29, 1.82) is 0 Å². The number of hydrogen-bond donors (Lipinski definition) is 2. The lowest BCUT2D eigenvalue weighted by atomic mass is 10.3. The van der Waals surface area contributed by atoms with Gasteiger partial charge in [-0.15, -0.1) is 0 Å². The summed E-state index contributed by atoms with van der Waals surface area (Å²) in [4.78, 5) is 18.8. The fraction of sp³-hybridized carbons (Fsp3) is 0.385. The Kier molecular flexibility index (Phi) is 3.89.